The zero-order valence-corrected chi connectivity index (χ0v) is 12.4. The summed E-state index contributed by atoms with van der Waals surface area (Å²) in [6.45, 7) is 5.78. The Bertz CT molecular complexity index is 479. The van der Waals surface area contributed by atoms with E-state index in [-0.39, 0.29) is 10.6 Å². The standard InChI is InChI=1S/C16H24N2O2/c1-3-16(8-4-5-9-16)12-17-11-14-7-6-13(2)15(10-14)18(19)20/h6-7,10,17H,3-5,8-9,11-12H2,1-2H3. The van der Waals surface area contributed by atoms with Crippen molar-refractivity contribution in [1.29, 1.82) is 0 Å². The molecule has 1 aromatic rings. The van der Waals surface area contributed by atoms with Gasteiger partial charge in [-0.2, -0.15) is 0 Å². The number of nitrogens with zero attached hydrogens (tertiary/aromatic N) is 1. The van der Waals surface area contributed by atoms with E-state index in [1.165, 1.54) is 32.1 Å². The van der Waals surface area contributed by atoms with E-state index in [4.69, 9.17) is 0 Å². The van der Waals surface area contributed by atoms with Crippen LogP contribution in [0.15, 0.2) is 18.2 Å². The predicted molar refractivity (Wildman–Crippen MR) is 80.7 cm³/mol. The molecule has 0 spiro atoms. The molecule has 0 unspecified atom stereocenters. The van der Waals surface area contributed by atoms with Crippen LogP contribution in [0.5, 0.6) is 0 Å². The molecular formula is C16H24N2O2. The van der Waals surface area contributed by atoms with Crippen molar-refractivity contribution < 1.29 is 4.92 Å². The fourth-order valence-electron chi connectivity index (χ4n) is 3.21. The van der Waals surface area contributed by atoms with E-state index in [1.807, 2.05) is 12.1 Å². The molecule has 110 valence electrons. The van der Waals surface area contributed by atoms with Gasteiger partial charge in [-0.25, -0.2) is 0 Å². The Morgan fingerprint density at radius 3 is 2.65 bits per heavy atom. The third-order valence-corrected chi connectivity index (χ3v) is 4.71. The predicted octanol–water partition coefficient (Wildman–Crippen LogP) is 3.96. The average molecular weight is 276 g/mol. The smallest absolute Gasteiger partial charge is 0.272 e. The fraction of sp³-hybridized carbons (Fsp3) is 0.625. The Morgan fingerprint density at radius 2 is 2.05 bits per heavy atom. The van der Waals surface area contributed by atoms with Gasteiger partial charge < -0.3 is 5.32 Å². The van der Waals surface area contributed by atoms with Crippen LogP contribution in [-0.4, -0.2) is 11.5 Å². The highest BCUT2D eigenvalue weighted by Crippen LogP contribution is 2.40. The van der Waals surface area contributed by atoms with E-state index in [0.29, 0.717) is 12.0 Å². The summed E-state index contributed by atoms with van der Waals surface area (Å²) in [6.07, 6.45) is 6.51. The van der Waals surface area contributed by atoms with Crippen molar-refractivity contribution in [3.05, 3.63) is 39.4 Å². The van der Waals surface area contributed by atoms with Crippen LogP contribution in [0.4, 0.5) is 5.69 Å². The first-order chi connectivity index (χ1) is 9.56. The summed E-state index contributed by atoms with van der Waals surface area (Å²) in [6, 6.07) is 5.50. The highest BCUT2D eigenvalue weighted by molar-refractivity contribution is 5.42. The van der Waals surface area contributed by atoms with Crippen LogP contribution in [0.1, 0.15) is 50.2 Å². The quantitative estimate of drug-likeness (QED) is 0.632. The maximum Gasteiger partial charge on any atom is 0.272 e. The second kappa shape index (κ2) is 6.35. The molecular weight excluding hydrogens is 252 g/mol. The van der Waals surface area contributed by atoms with Gasteiger partial charge in [0.25, 0.3) is 5.69 Å². The molecule has 4 nitrogen and oxygen atoms in total. The van der Waals surface area contributed by atoms with E-state index in [9.17, 15) is 10.1 Å². The lowest BCUT2D eigenvalue weighted by Gasteiger charge is -2.27. The van der Waals surface area contributed by atoms with Gasteiger partial charge in [0, 0.05) is 24.7 Å². The van der Waals surface area contributed by atoms with Crippen molar-refractivity contribution in [3.8, 4) is 0 Å². The number of aryl methyl sites for hydroxylation is 1. The summed E-state index contributed by atoms with van der Waals surface area (Å²) in [5.41, 5.74) is 2.39. The Kier molecular flexibility index (Phi) is 4.76. The number of rotatable bonds is 6. The second-order valence-electron chi connectivity index (χ2n) is 6.04. The first-order valence-electron chi connectivity index (χ1n) is 7.51. The lowest BCUT2D eigenvalue weighted by atomic mass is 9.83. The highest BCUT2D eigenvalue weighted by Gasteiger charge is 2.31. The van der Waals surface area contributed by atoms with Crippen LogP contribution >= 0.6 is 0 Å². The van der Waals surface area contributed by atoms with Gasteiger partial charge in [0.2, 0.25) is 0 Å². The zero-order chi connectivity index (χ0) is 14.6. The van der Waals surface area contributed by atoms with Gasteiger partial charge in [0.15, 0.2) is 0 Å². The molecule has 0 saturated heterocycles. The number of hydrogen-bond acceptors (Lipinski definition) is 3. The van der Waals surface area contributed by atoms with Crippen LogP contribution in [0.25, 0.3) is 0 Å². The molecule has 1 aliphatic carbocycles. The lowest BCUT2D eigenvalue weighted by molar-refractivity contribution is -0.385. The fourth-order valence-corrected chi connectivity index (χ4v) is 3.21. The van der Waals surface area contributed by atoms with Gasteiger partial charge in [-0.3, -0.25) is 10.1 Å². The highest BCUT2D eigenvalue weighted by atomic mass is 16.6. The first-order valence-corrected chi connectivity index (χ1v) is 7.51. The van der Waals surface area contributed by atoms with Crippen LogP contribution < -0.4 is 5.32 Å². The first kappa shape index (κ1) is 15.0. The lowest BCUT2D eigenvalue weighted by Crippen LogP contribution is -2.31. The summed E-state index contributed by atoms with van der Waals surface area (Å²) >= 11 is 0. The molecule has 1 fully saturated rings. The summed E-state index contributed by atoms with van der Waals surface area (Å²) in [5.74, 6) is 0. The molecule has 0 heterocycles. The SMILES string of the molecule is CCC1(CNCc2ccc(C)c([N+](=O)[O-])c2)CCCC1. The van der Waals surface area contributed by atoms with E-state index in [1.54, 1.807) is 13.0 Å². The summed E-state index contributed by atoms with van der Waals surface area (Å²) < 4.78 is 0. The topological polar surface area (TPSA) is 55.2 Å². The second-order valence-corrected chi connectivity index (χ2v) is 6.04. The molecule has 0 atom stereocenters. The Hall–Kier alpha value is -1.42. The minimum absolute atomic E-state index is 0.218. The van der Waals surface area contributed by atoms with E-state index >= 15 is 0 Å². The Labute approximate surface area is 120 Å². The largest absolute Gasteiger partial charge is 0.312 e. The molecule has 1 N–H and O–H groups in total. The van der Waals surface area contributed by atoms with Crippen LogP contribution in [0.2, 0.25) is 0 Å². The van der Waals surface area contributed by atoms with Gasteiger partial charge in [-0.05, 0) is 37.2 Å². The third kappa shape index (κ3) is 3.37. The molecule has 2 rings (SSSR count). The minimum Gasteiger partial charge on any atom is -0.312 e. The van der Waals surface area contributed by atoms with Crippen LogP contribution in [0, 0.1) is 22.5 Å². The maximum absolute atomic E-state index is 10.9. The third-order valence-electron chi connectivity index (χ3n) is 4.71. The van der Waals surface area contributed by atoms with Gasteiger partial charge in [-0.15, -0.1) is 0 Å². The number of nitro groups is 1. The maximum atomic E-state index is 10.9. The van der Waals surface area contributed by atoms with Crippen molar-refractivity contribution in [2.75, 3.05) is 6.54 Å². The summed E-state index contributed by atoms with van der Waals surface area (Å²) in [4.78, 5) is 10.6. The monoisotopic (exact) mass is 276 g/mol. The number of hydrogen-bond donors (Lipinski definition) is 1. The number of nitrogens with one attached hydrogen (secondary N) is 1. The number of benzene rings is 1. The van der Waals surface area contributed by atoms with E-state index < -0.39 is 0 Å². The summed E-state index contributed by atoms with van der Waals surface area (Å²) in [5, 5.41) is 14.4. The van der Waals surface area contributed by atoms with Gasteiger partial charge >= 0.3 is 0 Å². The van der Waals surface area contributed by atoms with Crippen molar-refractivity contribution in [2.24, 2.45) is 5.41 Å². The molecule has 0 aliphatic heterocycles. The van der Waals surface area contributed by atoms with Gasteiger partial charge in [-0.1, -0.05) is 31.9 Å². The van der Waals surface area contributed by atoms with Crippen molar-refractivity contribution >= 4 is 5.69 Å². The molecule has 0 aromatic heterocycles. The normalized spacial score (nSPS) is 17.3. The Morgan fingerprint density at radius 1 is 1.35 bits per heavy atom. The van der Waals surface area contributed by atoms with Crippen LogP contribution in [-0.2, 0) is 6.54 Å². The molecule has 4 heteroatoms. The molecule has 20 heavy (non-hydrogen) atoms. The summed E-state index contributed by atoms with van der Waals surface area (Å²) in [7, 11) is 0. The minimum atomic E-state index is -0.302. The van der Waals surface area contributed by atoms with Crippen molar-refractivity contribution in [3.63, 3.8) is 0 Å². The molecule has 1 saturated carbocycles. The molecule has 0 amide bonds. The molecule has 0 bridgehead atoms. The average Bonchev–Trinajstić information content (AvgIpc) is 2.90. The number of nitro benzene ring substituents is 1. The van der Waals surface area contributed by atoms with Crippen molar-refractivity contribution in [2.45, 2.75) is 52.5 Å². The molecule has 1 aliphatic rings. The molecule has 0 radical (unpaired) electrons. The Balaban J connectivity index is 1.94. The van der Waals surface area contributed by atoms with Gasteiger partial charge in [0.05, 0.1) is 4.92 Å². The van der Waals surface area contributed by atoms with E-state index in [0.717, 1.165) is 17.7 Å². The van der Waals surface area contributed by atoms with Crippen LogP contribution in [0.3, 0.4) is 0 Å². The zero-order valence-electron chi connectivity index (χ0n) is 12.4. The van der Waals surface area contributed by atoms with Crippen molar-refractivity contribution in [1.82, 2.24) is 5.32 Å². The van der Waals surface area contributed by atoms with Gasteiger partial charge in [0.1, 0.15) is 0 Å². The molecule has 1 aromatic carbocycles. The van der Waals surface area contributed by atoms with E-state index in [2.05, 4.69) is 12.2 Å².